The molecule has 2 aromatic carbocycles. The summed E-state index contributed by atoms with van der Waals surface area (Å²) in [7, 11) is 0. The molecule has 2 aliphatic heterocycles. The Balaban J connectivity index is 1.32. The Hall–Kier alpha value is -3.53. The summed E-state index contributed by atoms with van der Waals surface area (Å²) in [6, 6.07) is 9.01. The average Bonchev–Trinajstić information content (AvgIpc) is 2.84. The lowest BCUT2D eigenvalue weighted by Gasteiger charge is -2.34. The number of hydrogen-bond donors (Lipinski definition) is 1. The van der Waals surface area contributed by atoms with Gasteiger partial charge in [0.2, 0.25) is 0 Å². The van der Waals surface area contributed by atoms with Crippen LogP contribution in [0.5, 0.6) is 0 Å². The summed E-state index contributed by atoms with van der Waals surface area (Å²) in [6.45, 7) is 2.81. The van der Waals surface area contributed by atoms with Crippen LogP contribution in [0.3, 0.4) is 0 Å². The fraction of sp³-hybridized carbons (Fsp3) is 0.348. The van der Waals surface area contributed by atoms with Gasteiger partial charge >= 0.3 is 6.03 Å². The number of urea groups is 1. The highest BCUT2D eigenvalue weighted by atomic mass is 19.1. The summed E-state index contributed by atoms with van der Waals surface area (Å²) in [6.07, 6.45) is 0. The molecule has 0 unspecified atom stereocenters. The number of anilines is 1. The number of carbonyl (C=O) groups is 3. The average molecular weight is 458 g/mol. The van der Waals surface area contributed by atoms with Gasteiger partial charge in [0, 0.05) is 50.5 Å². The fourth-order valence-corrected chi connectivity index (χ4v) is 3.82. The van der Waals surface area contributed by atoms with E-state index in [1.54, 1.807) is 11.0 Å². The van der Waals surface area contributed by atoms with Crippen molar-refractivity contribution in [3.05, 3.63) is 65.2 Å². The molecule has 10 heteroatoms. The first-order valence-electron chi connectivity index (χ1n) is 10.7. The van der Waals surface area contributed by atoms with Crippen LogP contribution in [0.25, 0.3) is 0 Å². The van der Waals surface area contributed by atoms with Gasteiger partial charge in [0.15, 0.2) is 0 Å². The van der Waals surface area contributed by atoms with E-state index in [0.717, 1.165) is 6.07 Å². The van der Waals surface area contributed by atoms with Crippen molar-refractivity contribution in [3.8, 4) is 0 Å². The molecule has 0 saturated carbocycles. The zero-order valence-electron chi connectivity index (χ0n) is 17.9. The van der Waals surface area contributed by atoms with Gasteiger partial charge in [-0.25, -0.2) is 13.6 Å². The maximum atomic E-state index is 14.6. The predicted octanol–water partition coefficient (Wildman–Crippen LogP) is 2.43. The minimum atomic E-state index is -0.713. The Morgan fingerprint density at radius 2 is 1.45 bits per heavy atom. The smallest absolute Gasteiger partial charge is 0.321 e. The summed E-state index contributed by atoms with van der Waals surface area (Å²) >= 11 is 0. The Labute approximate surface area is 189 Å². The molecule has 2 saturated heterocycles. The van der Waals surface area contributed by atoms with E-state index in [2.05, 4.69) is 5.32 Å². The molecule has 0 atom stereocenters. The van der Waals surface area contributed by atoms with E-state index in [0.29, 0.717) is 39.4 Å². The molecule has 0 spiro atoms. The molecule has 2 fully saturated rings. The number of benzene rings is 2. The SMILES string of the molecule is O=C(Nc1ccc(C(=O)N2CCOCC2)c(F)c1)N1CCN(C(=O)c2cccc(F)c2)CC1. The number of ether oxygens (including phenoxy) is 1. The van der Waals surface area contributed by atoms with E-state index < -0.39 is 23.6 Å². The van der Waals surface area contributed by atoms with Gasteiger partial charge in [0.1, 0.15) is 11.6 Å². The van der Waals surface area contributed by atoms with E-state index in [9.17, 15) is 23.2 Å². The summed E-state index contributed by atoms with van der Waals surface area (Å²) < 4.78 is 33.1. The summed E-state index contributed by atoms with van der Waals surface area (Å²) in [5.41, 5.74) is 0.434. The molecule has 0 aliphatic carbocycles. The molecule has 4 rings (SSSR count). The summed E-state index contributed by atoms with van der Waals surface area (Å²) in [5, 5.41) is 2.63. The van der Waals surface area contributed by atoms with E-state index in [4.69, 9.17) is 4.74 Å². The van der Waals surface area contributed by atoms with Crippen LogP contribution in [0.1, 0.15) is 20.7 Å². The second-order valence-corrected chi connectivity index (χ2v) is 7.82. The molecule has 0 aromatic heterocycles. The van der Waals surface area contributed by atoms with Crippen LogP contribution in [-0.2, 0) is 4.74 Å². The van der Waals surface area contributed by atoms with Gasteiger partial charge in [-0.1, -0.05) is 6.07 Å². The monoisotopic (exact) mass is 458 g/mol. The molecule has 2 heterocycles. The zero-order valence-corrected chi connectivity index (χ0v) is 17.9. The van der Waals surface area contributed by atoms with Gasteiger partial charge in [0.25, 0.3) is 11.8 Å². The standard InChI is InChI=1S/C23H24F2N4O4/c24-17-3-1-2-16(14-17)21(30)27-6-8-29(9-7-27)23(32)26-18-4-5-19(20(25)15-18)22(31)28-10-12-33-13-11-28/h1-5,14-15H,6-13H2,(H,26,32). The minimum Gasteiger partial charge on any atom is -0.378 e. The number of amides is 4. The van der Waals surface area contributed by atoms with Crippen molar-refractivity contribution >= 4 is 23.5 Å². The lowest BCUT2D eigenvalue weighted by atomic mass is 10.1. The van der Waals surface area contributed by atoms with Crippen molar-refractivity contribution in [2.75, 3.05) is 57.8 Å². The van der Waals surface area contributed by atoms with Gasteiger partial charge in [-0.05, 0) is 36.4 Å². The second kappa shape index (κ2) is 9.95. The summed E-state index contributed by atoms with van der Waals surface area (Å²) in [4.78, 5) is 42.2. The van der Waals surface area contributed by atoms with Crippen LogP contribution in [0.4, 0.5) is 19.3 Å². The number of rotatable bonds is 3. The molecule has 0 bridgehead atoms. The van der Waals surface area contributed by atoms with Crippen LogP contribution >= 0.6 is 0 Å². The van der Waals surface area contributed by atoms with Gasteiger partial charge < -0.3 is 24.8 Å². The molecular weight excluding hydrogens is 434 g/mol. The van der Waals surface area contributed by atoms with Crippen molar-refractivity contribution in [1.29, 1.82) is 0 Å². The van der Waals surface area contributed by atoms with E-state index in [1.807, 2.05) is 0 Å². The molecule has 2 aliphatic rings. The van der Waals surface area contributed by atoms with E-state index in [1.165, 1.54) is 40.1 Å². The Kier molecular flexibility index (Phi) is 6.83. The first-order valence-corrected chi connectivity index (χ1v) is 10.7. The van der Waals surface area contributed by atoms with Crippen LogP contribution in [0, 0.1) is 11.6 Å². The number of carbonyl (C=O) groups excluding carboxylic acids is 3. The highest BCUT2D eigenvalue weighted by Crippen LogP contribution is 2.18. The zero-order chi connectivity index (χ0) is 23.4. The van der Waals surface area contributed by atoms with Crippen LogP contribution in [0.15, 0.2) is 42.5 Å². The second-order valence-electron chi connectivity index (χ2n) is 7.82. The lowest BCUT2D eigenvalue weighted by molar-refractivity contribution is 0.0300. The van der Waals surface area contributed by atoms with Crippen LogP contribution < -0.4 is 5.32 Å². The summed E-state index contributed by atoms with van der Waals surface area (Å²) in [5.74, 6) is -1.90. The maximum absolute atomic E-state index is 14.6. The van der Waals surface area contributed by atoms with Crippen molar-refractivity contribution < 1.29 is 27.9 Å². The molecule has 174 valence electrons. The molecule has 1 N–H and O–H groups in total. The topological polar surface area (TPSA) is 82.2 Å². The molecule has 4 amide bonds. The number of nitrogens with one attached hydrogen (secondary N) is 1. The molecule has 33 heavy (non-hydrogen) atoms. The normalized spacial score (nSPS) is 16.5. The van der Waals surface area contributed by atoms with Crippen molar-refractivity contribution in [3.63, 3.8) is 0 Å². The van der Waals surface area contributed by atoms with Crippen molar-refractivity contribution in [1.82, 2.24) is 14.7 Å². The lowest BCUT2D eigenvalue weighted by Crippen LogP contribution is -2.51. The van der Waals surface area contributed by atoms with Crippen molar-refractivity contribution in [2.45, 2.75) is 0 Å². The number of halogens is 2. The van der Waals surface area contributed by atoms with Crippen molar-refractivity contribution in [2.24, 2.45) is 0 Å². The van der Waals surface area contributed by atoms with E-state index in [-0.39, 0.29) is 35.8 Å². The quantitative estimate of drug-likeness (QED) is 0.766. The Bertz CT molecular complexity index is 1050. The Morgan fingerprint density at radius 1 is 0.788 bits per heavy atom. The first kappa shape index (κ1) is 22.7. The highest BCUT2D eigenvalue weighted by molar-refractivity contribution is 5.96. The number of hydrogen-bond acceptors (Lipinski definition) is 4. The minimum absolute atomic E-state index is 0.0561. The fourth-order valence-electron chi connectivity index (χ4n) is 3.82. The first-order chi connectivity index (χ1) is 15.9. The van der Waals surface area contributed by atoms with E-state index >= 15 is 0 Å². The molecule has 0 radical (unpaired) electrons. The van der Waals surface area contributed by atoms with Gasteiger partial charge in [-0.15, -0.1) is 0 Å². The number of nitrogens with zero attached hydrogens (tertiary/aromatic N) is 3. The maximum Gasteiger partial charge on any atom is 0.321 e. The van der Waals surface area contributed by atoms with Crippen LogP contribution in [-0.4, -0.2) is 85.0 Å². The van der Waals surface area contributed by atoms with Gasteiger partial charge in [-0.2, -0.15) is 0 Å². The Morgan fingerprint density at radius 3 is 2.12 bits per heavy atom. The third kappa shape index (κ3) is 5.28. The highest BCUT2D eigenvalue weighted by Gasteiger charge is 2.26. The third-order valence-corrected chi connectivity index (χ3v) is 5.67. The van der Waals surface area contributed by atoms with Crippen LogP contribution in [0.2, 0.25) is 0 Å². The number of piperazine rings is 1. The third-order valence-electron chi connectivity index (χ3n) is 5.67. The largest absolute Gasteiger partial charge is 0.378 e. The predicted molar refractivity (Wildman–Crippen MR) is 116 cm³/mol. The molecule has 2 aromatic rings. The number of morpholine rings is 1. The molecule has 8 nitrogen and oxygen atoms in total. The van der Waals surface area contributed by atoms with Gasteiger partial charge in [-0.3, -0.25) is 9.59 Å². The van der Waals surface area contributed by atoms with Gasteiger partial charge in [0.05, 0.1) is 18.8 Å². The molecular formula is C23H24F2N4O4.